The number of likely N-dealkylation sites (tertiary alicyclic amines) is 1. The summed E-state index contributed by atoms with van der Waals surface area (Å²) in [5.41, 5.74) is 0.739. The third kappa shape index (κ3) is 3.23. The van der Waals surface area contributed by atoms with E-state index in [-0.39, 0.29) is 0 Å². The van der Waals surface area contributed by atoms with Gasteiger partial charge >= 0.3 is 0 Å². The SMILES string of the molecule is CC(C)CCN1CCC2(CC1)CC(N(C)C)C2. The zero-order valence-corrected chi connectivity index (χ0v) is 12.2. The van der Waals surface area contributed by atoms with Crippen molar-refractivity contribution in [2.45, 2.75) is 52.0 Å². The number of piperidine rings is 1. The first-order valence-corrected chi connectivity index (χ1v) is 7.39. The van der Waals surface area contributed by atoms with E-state index in [1.54, 1.807) is 0 Å². The van der Waals surface area contributed by atoms with Crippen molar-refractivity contribution in [3.63, 3.8) is 0 Å². The maximum Gasteiger partial charge on any atom is 0.00997 e. The van der Waals surface area contributed by atoms with Gasteiger partial charge in [0.25, 0.3) is 0 Å². The number of rotatable bonds is 4. The molecule has 100 valence electrons. The highest BCUT2D eigenvalue weighted by molar-refractivity contribution is 5.00. The fraction of sp³-hybridized carbons (Fsp3) is 1.00. The normalized spacial score (nSPS) is 25.8. The summed E-state index contributed by atoms with van der Waals surface area (Å²) >= 11 is 0. The van der Waals surface area contributed by atoms with Crippen LogP contribution in [0.15, 0.2) is 0 Å². The highest BCUT2D eigenvalue weighted by Crippen LogP contribution is 2.50. The molecule has 2 rings (SSSR count). The molecule has 1 aliphatic carbocycles. The molecular formula is C15H30N2. The van der Waals surface area contributed by atoms with Gasteiger partial charge in [-0.15, -0.1) is 0 Å². The van der Waals surface area contributed by atoms with E-state index in [9.17, 15) is 0 Å². The summed E-state index contributed by atoms with van der Waals surface area (Å²) in [6, 6.07) is 0.872. The van der Waals surface area contributed by atoms with Crippen LogP contribution >= 0.6 is 0 Å². The van der Waals surface area contributed by atoms with Crippen LogP contribution in [0.25, 0.3) is 0 Å². The van der Waals surface area contributed by atoms with Crippen LogP contribution in [0.3, 0.4) is 0 Å². The first-order chi connectivity index (χ1) is 8.01. The lowest BCUT2D eigenvalue weighted by molar-refractivity contribution is -0.0279. The maximum absolute atomic E-state index is 2.69. The van der Waals surface area contributed by atoms with E-state index in [0.717, 1.165) is 17.4 Å². The van der Waals surface area contributed by atoms with Gasteiger partial charge in [0.2, 0.25) is 0 Å². The molecule has 2 heteroatoms. The standard InChI is InChI=1S/C15H30N2/c1-13(2)5-8-17-9-6-15(7-10-17)11-14(12-15)16(3)4/h13-14H,5-12H2,1-4H3. The molecule has 0 radical (unpaired) electrons. The minimum Gasteiger partial charge on any atom is -0.306 e. The van der Waals surface area contributed by atoms with Gasteiger partial charge in [0.05, 0.1) is 0 Å². The molecule has 1 spiro atoms. The zero-order valence-electron chi connectivity index (χ0n) is 12.2. The summed E-state index contributed by atoms with van der Waals surface area (Å²) < 4.78 is 0. The van der Waals surface area contributed by atoms with Gasteiger partial charge in [-0.3, -0.25) is 0 Å². The van der Waals surface area contributed by atoms with Crippen LogP contribution < -0.4 is 0 Å². The minimum atomic E-state index is 0.739. The molecule has 1 aliphatic heterocycles. The maximum atomic E-state index is 2.69. The summed E-state index contributed by atoms with van der Waals surface area (Å²) in [5.74, 6) is 0.854. The Morgan fingerprint density at radius 3 is 2.24 bits per heavy atom. The van der Waals surface area contributed by atoms with Crippen molar-refractivity contribution in [2.75, 3.05) is 33.7 Å². The van der Waals surface area contributed by atoms with E-state index in [2.05, 4.69) is 37.7 Å². The van der Waals surface area contributed by atoms with Crippen molar-refractivity contribution in [1.29, 1.82) is 0 Å². The van der Waals surface area contributed by atoms with Crippen LogP contribution in [0.2, 0.25) is 0 Å². The lowest BCUT2D eigenvalue weighted by atomic mass is 9.60. The van der Waals surface area contributed by atoms with Gasteiger partial charge in [0.1, 0.15) is 0 Å². The summed E-state index contributed by atoms with van der Waals surface area (Å²) in [4.78, 5) is 5.10. The monoisotopic (exact) mass is 238 g/mol. The average Bonchev–Trinajstić information content (AvgIpc) is 2.23. The van der Waals surface area contributed by atoms with Gasteiger partial charge in [-0.2, -0.15) is 0 Å². The van der Waals surface area contributed by atoms with Crippen LogP contribution in [-0.4, -0.2) is 49.6 Å². The highest BCUT2D eigenvalue weighted by atomic mass is 15.1. The first kappa shape index (κ1) is 13.4. The van der Waals surface area contributed by atoms with Crippen molar-refractivity contribution < 1.29 is 0 Å². The average molecular weight is 238 g/mol. The predicted octanol–water partition coefficient (Wildman–Crippen LogP) is 2.84. The predicted molar refractivity (Wildman–Crippen MR) is 74.3 cm³/mol. The third-order valence-electron chi connectivity index (χ3n) is 5.01. The molecule has 0 bridgehead atoms. The van der Waals surface area contributed by atoms with E-state index < -0.39 is 0 Å². The van der Waals surface area contributed by atoms with Crippen molar-refractivity contribution in [3.8, 4) is 0 Å². The molecule has 2 aliphatic rings. The zero-order chi connectivity index (χ0) is 12.5. The highest BCUT2D eigenvalue weighted by Gasteiger charge is 2.46. The molecule has 2 nitrogen and oxygen atoms in total. The van der Waals surface area contributed by atoms with Crippen molar-refractivity contribution in [1.82, 2.24) is 9.80 Å². The third-order valence-corrected chi connectivity index (χ3v) is 5.01. The largest absolute Gasteiger partial charge is 0.306 e. The van der Waals surface area contributed by atoms with E-state index in [0.29, 0.717) is 0 Å². The molecule has 0 aromatic carbocycles. The Hall–Kier alpha value is -0.0800. The fourth-order valence-electron chi connectivity index (χ4n) is 3.41. The molecule has 1 saturated carbocycles. The number of nitrogens with zero attached hydrogens (tertiary/aromatic N) is 2. The molecule has 0 unspecified atom stereocenters. The van der Waals surface area contributed by atoms with Crippen molar-refractivity contribution in [2.24, 2.45) is 11.3 Å². The summed E-state index contributed by atoms with van der Waals surface area (Å²) in [6.45, 7) is 8.70. The van der Waals surface area contributed by atoms with Gasteiger partial charge in [0.15, 0.2) is 0 Å². The second-order valence-corrected chi connectivity index (χ2v) is 7.05. The Bertz CT molecular complexity index is 231. The quantitative estimate of drug-likeness (QED) is 0.743. The molecule has 2 fully saturated rings. The molecule has 0 N–H and O–H groups in total. The van der Waals surface area contributed by atoms with E-state index in [1.807, 2.05) is 0 Å². The van der Waals surface area contributed by atoms with Crippen LogP contribution in [0.5, 0.6) is 0 Å². The lowest BCUT2D eigenvalue weighted by Gasteiger charge is -2.54. The van der Waals surface area contributed by atoms with Gasteiger partial charge < -0.3 is 9.80 Å². The van der Waals surface area contributed by atoms with Gasteiger partial charge in [-0.25, -0.2) is 0 Å². The molecule has 0 amide bonds. The second kappa shape index (κ2) is 5.27. The number of hydrogen-bond donors (Lipinski definition) is 0. The molecular weight excluding hydrogens is 208 g/mol. The lowest BCUT2D eigenvalue weighted by Crippen LogP contribution is -2.53. The van der Waals surface area contributed by atoms with Crippen LogP contribution in [0.4, 0.5) is 0 Å². The Labute approximate surface area is 107 Å². The minimum absolute atomic E-state index is 0.739. The van der Waals surface area contributed by atoms with Gasteiger partial charge in [-0.1, -0.05) is 13.8 Å². The summed E-state index contributed by atoms with van der Waals surface area (Å²) in [6.07, 6.45) is 7.19. The molecule has 1 heterocycles. The topological polar surface area (TPSA) is 6.48 Å². The van der Waals surface area contributed by atoms with Gasteiger partial charge in [-0.05, 0) is 77.2 Å². The Balaban J connectivity index is 1.69. The van der Waals surface area contributed by atoms with Crippen molar-refractivity contribution >= 4 is 0 Å². The summed E-state index contributed by atoms with van der Waals surface area (Å²) in [7, 11) is 4.46. The molecule has 0 atom stereocenters. The van der Waals surface area contributed by atoms with Crippen LogP contribution in [0, 0.1) is 11.3 Å². The van der Waals surface area contributed by atoms with Crippen molar-refractivity contribution in [3.05, 3.63) is 0 Å². The first-order valence-electron chi connectivity index (χ1n) is 7.39. The summed E-state index contributed by atoms with van der Waals surface area (Å²) in [5, 5.41) is 0. The van der Waals surface area contributed by atoms with Crippen LogP contribution in [0.1, 0.15) is 46.0 Å². The van der Waals surface area contributed by atoms with E-state index in [1.165, 1.54) is 51.7 Å². The molecule has 17 heavy (non-hydrogen) atoms. The van der Waals surface area contributed by atoms with Gasteiger partial charge in [0, 0.05) is 6.04 Å². The molecule has 1 saturated heterocycles. The molecule has 0 aromatic rings. The smallest absolute Gasteiger partial charge is 0.00997 e. The Morgan fingerprint density at radius 1 is 1.18 bits per heavy atom. The van der Waals surface area contributed by atoms with E-state index >= 15 is 0 Å². The molecule has 0 aromatic heterocycles. The fourth-order valence-corrected chi connectivity index (χ4v) is 3.41. The second-order valence-electron chi connectivity index (χ2n) is 7.05. The number of hydrogen-bond acceptors (Lipinski definition) is 2. The van der Waals surface area contributed by atoms with Crippen LogP contribution in [-0.2, 0) is 0 Å². The Morgan fingerprint density at radius 2 is 1.76 bits per heavy atom. The Kier molecular flexibility index (Phi) is 4.14. The van der Waals surface area contributed by atoms with E-state index in [4.69, 9.17) is 0 Å².